The van der Waals surface area contributed by atoms with Crippen molar-refractivity contribution in [1.82, 2.24) is 5.16 Å². The van der Waals surface area contributed by atoms with Crippen LogP contribution in [0.15, 0.2) is 28.8 Å². The summed E-state index contributed by atoms with van der Waals surface area (Å²) in [4.78, 5) is 35.8. The number of aromatic nitrogens is 1. The number of ether oxygens (including phenoxy) is 1. The van der Waals surface area contributed by atoms with E-state index in [-0.39, 0.29) is 17.3 Å². The average Bonchev–Trinajstić information content (AvgIpc) is 2.95. The first-order valence-corrected chi connectivity index (χ1v) is 7.84. The largest absolute Gasteiger partial charge is 0.452 e. The van der Waals surface area contributed by atoms with Crippen LogP contribution in [0, 0.1) is 6.92 Å². The van der Waals surface area contributed by atoms with Crippen molar-refractivity contribution >= 4 is 23.3 Å². The zero-order valence-electron chi connectivity index (χ0n) is 14.6. The highest BCUT2D eigenvalue weighted by molar-refractivity contribution is 6.04. The van der Waals surface area contributed by atoms with Crippen molar-refractivity contribution in [3.8, 4) is 0 Å². The quantitative estimate of drug-likeness (QED) is 0.638. The van der Waals surface area contributed by atoms with Gasteiger partial charge in [0.25, 0.3) is 5.91 Å². The smallest absolute Gasteiger partial charge is 0.344 e. The number of nitrogens with one attached hydrogen (secondary N) is 1. The Kier molecular flexibility index (Phi) is 5.69. The highest BCUT2D eigenvalue weighted by Crippen LogP contribution is 2.23. The summed E-state index contributed by atoms with van der Waals surface area (Å²) in [7, 11) is 0. The first kappa shape index (κ1) is 18.4. The van der Waals surface area contributed by atoms with Crippen LogP contribution in [0.5, 0.6) is 0 Å². The second-order valence-corrected chi connectivity index (χ2v) is 5.89. The Morgan fingerprint density at radius 2 is 1.92 bits per heavy atom. The molecule has 0 aliphatic rings. The predicted molar refractivity (Wildman–Crippen MR) is 90.7 cm³/mol. The minimum Gasteiger partial charge on any atom is -0.452 e. The van der Waals surface area contributed by atoms with Gasteiger partial charge in [-0.2, -0.15) is 0 Å². The van der Waals surface area contributed by atoms with Gasteiger partial charge in [-0.1, -0.05) is 31.1 Å². The van der Waals surface area contributed by atoms with Gasteiger partial charge in [-0.3, -0.25) is 9.59 Å². The fourth-order valence-corrected chi connectivity index (χ4v) is 2.32. The average molecular weight is 344 g/mol. The Balaban J connectivity index is 2.03. The van der Waals surface area contributed by atoms with Crippen molar-refractivity contribution in [1.29, 1.82) is 0 Å². The summed E-state index contributed by atoms with van der Waals surface area (Å²) in [5, 5.41) is 6.34. The van der Waals surface area contributed by atoms with Crippen molar-refractivity contribution in [2.45, 2.75) is 33.6 Å². The van der Waals surface area contributed by atoms with Crippen LogP contribution in [0.25, 0.3) is 0 Å². The number of anilines is 1. The SMILES string of the molecule is CC(=O)c1ccccc1NC(=O)COC(=O)c1c(C)noc1C(C)C. The molecule has 0 radical (unpaired) electrons. The van der Waals surface area contributed by atoms with Crippen LogP contribution < -0.4 is 5.32 Å². The number of nitrogens with zero attached hydrogens (tertiary/aromatic N) is 1. The summed E-state index contributed by atoms with van der Waals surface area (Å²) in [5.74, 6) is -1.00. The van der Waals surface area contributed by atoms with E-state index in [4.69, 9.17) is 9.26 Å². The van der Waals surface area contributed by atoms with E-state index in [1.807, 2.05) is 13.8 Å². The molecular weight excluding hydrogens is 324 g/mol. The lowest BCUT2D eigenvalue weighted by Gasteiger charge is -2.10. The Morgan fingerprint density at radius 3 is 2.56 bits per heavy atom. The maximum atomic E-state index is 12.2. The molecule has 1 aromatic heterocycles. The Bertz CT molecular complexity index is 808. The van der Waals surface area contributed by atoms with Gasteiger partial charge in [0.05, 0.1) is 11.4 Å². The Hall–Kier alpha value is -2.96. The van der Waals surface area contributed by atoms with Gasteiger partial charge < -0.3 is 14.6 Å². The zero-order chi connectivity index (χ0) is 18.6. The summed E-state index contributed by atoms with van der Waals surface area (Å²) in [5.41, 5.74) is 1.42. The van der Waals surface area contributed by atoms with Gasteiger partial charge in [0, 0.05) is 11.5 Å². The van der Waals surface area contributed by atoms with Gasteiger partial charge in [0.15, 0.2) is 18.2 Å². The maximum absolute atomic E-state index is 12.2. The van der Waals surface area contributed by atoms with Gasteiger partial charge in [-0.15, -0.1) is 0 Å². The first-order chi connectivity index (χ1) is 11.8. The molecule has 132 valence electrons. The van der Waals surface area contributed by atoms with Crippen molar-refractivity contribution < 1.29 is 23.6 Å². The zero-order valence-corrected chi connectivity index (χ0v) is 14.6. The van der Waals surface area contributed by atoms with Crippen LogP contribution in [0.4, 0.5) is 5.69 Å². The van der Waals surface area contributed by atoms with Gasteiger partial charge in [0.1, 0.15) is 5.56 Å². The number of carbonyl (C=O) groups is 3. The summed E-state index contributed by atoms with van der Waals surface area (Å²) in [6, 6.07) is 6.62. The van der Waals surface area contributed by atoms with Crippen LogP contribution >= 0.6 is 0 Å². The van der Waals surface area contributed by atoms with Gasteiger partial charge in [-0.25, -0.2) is 4.79 Å². The van der Waals surface area contributed by atoms with Gasteiger partial charge in [0.2, 0.25) is 0 Å². The van der Waals surface area contributed by atoms with Crippen LogP contribution in [-0.4, -0.2) is 29.4 Å². The molecule has 0 saturated heterocycles. The van der Waals surface area contributed by atoms with Crippen molar-refractivity contribution in [2.24, 2.45) is 0 Å². The number of carbonyl (C=O) groups excluding carboxylic acids is 3. The standard InChI is InChI=1S/C18H20N2O5/c1-10(2)17-16(11(3)20-25-17)18(23)24-9-15(22)19-14-8-6-5-7-13(14)12(4)21/h5-8,10H,9H2,1-4H3,(H,19,22). The molecule has 0 atom stereocenters. The third-order valence-electron chi connectivity index (χ3n) is 3.53. The number of amides is 1. The maximum Gasteiger partial charge on any atom is 0.344 e. The molecule has 2 aromatic rings. The highest BCUT2D eigenvalue weighted by atomic mass is 16.5. The number of esters is 1. The highest BCUT2D eigenvalue weighted by Gasteiger charge is 2.24. The van der Waals surface area contributed by atoms with E-state index >= 15 is 0 Å². The molecule has 2 rings (SSSR count). The lowest BCUT2D eigenvalue weighted by atomic mass is 10.1. The van der Waals surface area contributed by atoms with E-state index < -0.39 is 18.5 Å². The van der Waals surface area contributed by atoms with E-state index in [9.17, 15) is 14.4 Å². The Morgan fingerprint density at radius 1 is 1.24 bits per heavy atom. The fourth-order valence-electron chi connectivity index (χ4n) is 2.32. The fraction of sp³-hybridized carbons (Fsp3) is 0.333. The number of rotatable bonds is 6. The molecule has 1 heterocycles. The molecule has 0 bridgehead atoms. The van der Waals surface area contributed by atoms with Crippen LogP contribution in [0.2, 0.25) is 0 Å². The third-order valence-corrected chi connectivity index (χ3v) is 3.53. The molecular formula is C18H20N2O5. The van der Waals surface area contributed by atoms with Crippen molar-refractivity contribution in [2.75, 3.05) is 11.9 Å². The lowest BCUT2D eigenvalue weighted by Crippen LogP contribution is -2.22. The van der Waals surface area contributed by atoms with Crippen LogP contribution in [0.3, 0.4) is 0 Å². The number of para-hydroxylation sites is 1. The van der Waals surface area contributed by atoms with Crippen molar-refractivity contribution in [3.05, 3.63) is 46.8 Å². The number of aryl methyl sites for hydroxylation is 1. The lowest BCUT2D eigenvalue weighted by molar-refractivity contribution is -0.119. The third kappa shape index (κ3) is 4.32. The van der Waals surface area contributed by atoms with E-state index in [0.29, 0.717) is 22.7 Å². The second-order valence-electron chi connectivity index (χ2n) is 5.89. The topological polar surface area (TPSA) is 98.5 Å². The number of benzene rings is 1. The van der Waals surface area contributed by atoms with Crippen LogP contribution in [-0.2, 0) is 9.53 Å². The van der Waals surface area contributed by atoms with E-state index in [1.54, 1.807) is 31.2 Å². The molecule has 0 spiro atoms. The predicted octanol–water partition coefficient (Wildman–Crippen LogP) is 3.10. The molecule has 0 aliphatic heterocycles. The molecule has 0 aliphatic carbocycles. The summed E-state index contributed by atoms with van der Waals surface area (Å²) < 4.78 is 10.2. The number of hydrogen-bond donors (Lipinski definition) is 1. The summed E-state index contributed by atoms with van der Waals surface area (Å²) in [6.45, 7) is 6.29. The van der Waals surface area contributed by atoms with Gasteiger partial charge in [-0.05, 0) is 26.0 Å². The van der Waals surface area contributed by atoms with E-state index in [2.05, 4.69) is 10.5 Å². The molecule has 0 unspecified atom stereocenters. The van der Waals surface area contributed by atoms with E-state index in [0.717, 1.165) is 0 Å². The molecule has 25 heavy (non-hydrogen) atoms. The molecule has 0 fully saturated rings. The minimum atomic E-state index is -0.669. The molecule has 7 heteroatoms. The normalized spacial score (nSPS) is 10.6. The number of Topliss-reactive ketones (excluding diaryl/α,β-unsaturated/α-hetero) is 1. The molecule has 1 aromatic carbocycles. The molecule has 1 amide bonds. The molecule has 1 N–H and O–H groups in total. The molecule has 7 nitrogen and oxygen atoms in total. The summed E-state index contributed by atoms with van der Waals surface area (Å²) in [6.07, 6.45) is 0. The molecule has 0 saturated carbocycles. The second kappa shape index (κ2) is 7.74. The number of ketones is 1. The van der Waals surface area contributed by atoms with Gasteiger partial charge >= 0.3 is 5.97 Å². The summed E-state index contributed by atoms with van der Waals surface area (Å²) >= 11 is 0. The van der Waals surface area contributed by atoms with E-state index in [1.165, 1.54) is 6.92 Å². The van der Waals surface area contributed by atoms with Crippen LogP contribution in [0.1, 0.15) is 58.9 Å². The minimum absolute atomic E-state index is 0.0416. The first-order valence-electron chi connectivity index (χ1n) is 7.84. The number of hydrogen-bond acceptors (Lipinski definition) is 6. The van der Waals surface area contributed by atoms with Crippen molar-refractivity contribution in [3.63, 3.8) is 0 Å². The Labute approximate surface area is 145 Å². The monoisotopic (exact) mass is 344 g/mol.